The second kappa shape index (κ2) is 13.4. The van der Waals surface area contributed by atoms with E-state index in [0.717, 1.165) is 23.1 Å². The van der Waals surface area contributed by atoms with Gasteiger partial charge in [-0.1, -0.05) is 86.6 Å². The van der Waals surface area contributed by atoms with Gasteiger partial charge in [-0.2, -0.15) is 0 Å². The van der Waals surface area contributed by atoms with Crippen LogP contribution in [0.15, 0.2) is 84.9 Å². The molecule has 1 atom stereocenters. The lowest BCUT2D eigenvalue weighted by Gasteiger charge is -2.32. The Labute approximate surface area is 208 Å². The number of carbonyl (C=O) groups is 2. The first-order valence-electron chi connectivity index (χ1n) is 12.3. The molecule has 0 aromatic heterocycles. The van der Waals surface area contributed by atoms with Crippen LogP contribution in [0.2, 0.25) is 0 Å². The van der Waals surface area contributed by atoms with E-state index in [1.165, 1.54) is 12.1 Å². The van der Waals surface area contributed by atoms with Gasteiger partial charge in [-0.3, -0.25) is 9.59 Å². The standard InChI is InChI=1S/C30H35FN2O2/c1-23(2)19-20-32-30(35)28(21-25-11-7-4-8-12-25)33(22-26-13-16-27(31)17-14-26)29(34)18-15-24-9-5-3-6-10-24/h3-14,16-17,23,28H,15,18-22H2,1-2H3,(H,32,35)/t28-/m0/s1. The van der Waals surface area contributed by atoms with Crippen LogP contribution in [0.25, 0.3) is 0 Å². The monoisotopic (exact) mass is 474 g/mol. The molecule has 5 heteroatoms. The number of hydrogen-bond donors (Lipinski definition) is 1. The van der Waals surface area contributed by atoms with E-state index in [2.05, 4.69) is 19.2 Å². The van der Waals surface area contributed by atoms with Crippen LogP contribution in [0.3, 0.4) is 0 Å². The molecule has 0 heterocycles. The summed E-state index contributed by atoms with van der Waals surface area (Å²) in [7, 11) is 0. The van der Waals surface area contributed by atoms with Crippen LogP contribution in [0.5, 0.6) is 0 Å². The number of halogens is 1. The summed E-state index contributed by atoms with van der Waals surface area (Å²) in [5.41, 5.74) is 2.84. The highest BCUT2D eigenvalue weighted by Gasteiger charge is 2.30. The number of hydrogen-bond acceptors (Lipinski definition) is 2. The quantitative estimate of drug-likeness (QED) is 0.374. The van der Waals surface area contributed by atoms with E-state index in [0.29, 0.717) is 25.3 Å². The fourth-order valence-electron chi connectivity index (χ4n) is 3.98. The van der Waals surface area contributed by atoms with Gasteiger partial charge in [0.25, 0.3) is 0 Å². The predicted octanol–water partition coefficient (Wildman–Crippen LogP) is 5.56. The number of aryl methyl sites for hydroxylation is 1. The zero-order valence-electron chi connectivity index (χ0n) is 20.6. The third-order valence-electron chi connectivity index (χ3n) is 6.03. The van der Waals surface area contributed by atoms with Crippen LogP contribution in [0, 0.1) is 11.7 Å². The molecule has 1 N–H and O–H groups in total. The Hall–Kier alpha value is -3.47. The van der Waals surface area contributed by atoms with E-state index in [1.54, 1.807) is 17.0 Å². The summed E-state index contributed by atoms with van der Waals surface area (Å²) < 4.78 is 13.5. The molecule has 0 unspecified atom stereocenters. The first-order chi connectivity index (χ1) is 16.9. The van der Waals surface area contributed by atoms with Crippen molar-refractivity contribution < 1.29 is 14.0 Å². The summed E-state index contributed by atoms with van der Waals surface area (Å²) in [5, 5.41) is 3.05. The molecular formula is C30H35FN2O2. The molecule has 0 aliphatic heterocycles. The highest BCUT2D eigenvalue weighted by Crippen LogP contribution is 2.17. The zero-order chi connectivity index (χ0) is 25.0. The Kier molecular flexibility index (Phi) is 10.0. The van der Waals surface area contributed by atoms with Gasteiger partial charge in [0.05, 0.1) is 0 Å². The summed E-state index contributed by atoms with van der Waals surface area (Å²) in [5.74, 6) is -0.128. The Morgan fingerprint density at radius 1 is 0.829 bits per heavy atom. The Bertz CT molecular complexity index is 1050. The Morgan fingerprint density at radius 3 is 2.03 bits per heavy atom. The van der Waals surface area contributed by atoms with Crippen molar-refractivity contribution in [2.24, 2.45) is 5.92 Å². The van der Waals surface area contributed by atoms with Crippen LogP contribution in [-0.4, -0.2) is 29.3 Å². The van der Waals surface area contributed by atoms with Crippen molar-refractivity contribution in [1.82, 2.24) is 10.2 Å². The van der Waals surface area contributed by atoms with Gasteiger partial charge < -0.3 is 10.2 Å². The number of nitrogens with one attached hydrogen (secondary N) is 1. The second-order valence-electron chi connectivity index (χ2n) is 9.31. The van der Waals surface area contributed by atoms with Gasteiger partial charge in [-0.15, -0.1) is 0 Å². The van der Waals surface area contributed by atoms with Crippen molar-refractivity contribution in [3.8, 4) is 0 Å². The first-order valence-corrected chi connectivity index (χ1v) is 12.3. The number of nitrogens with zero attached hydrogens (tertiary/aromatic N) is 1. The summed E-state index contributed by atoms with van der Waals surface area (Å²) >= 11 is 0. The second-order valence-corrected chi connectivity index (χ2v) is 9.31. The van der Waals surface area contributed by atoms with E-state index >= 15 is 0 Å². The highest BCUT2D eigenvalue weighted by molar-refractivity contribution is 5.88. The van der Waals surface area contributed by atoms with Crippen LogP contribution in [0.1, 0.15) is 43.4 Å². The number of amides is 2. The number of benzene rings is 3. The normalized spacial score (nSPS) is 11.8. The van der Waals surface area contributed by atoms with Crippen LogP contribution in [-0.2, 0) is 29.0 Å². The largest absolute Gasteiger partial charge is 0.354 e. The van der Waals surface area contributed by atoms with Crippen LogP contribution >= 0.6 is 0 Å². The van der Waals surface area contributed by atoms with Crippen molar-refractivity contribution in [2.75, 3.05) is 6.54 Å². The average Bonchev–Trinajstić information content (AvgIpc) is 2.86. The molecular weight excluding hydrogens is 439 g/mol. The van der Waals surface area contributed by atoms with Gasteiger partial charge in [0.1, 0.15) is 11.9 Å². The van der Waals surface area contributed by atoms with Crippen molar-refractivity contribution in [3.05, 3.63) is 107 Å². The zero-order valence-corrected chi connectivity index (χ0v) is 20.6. The fraction of sp³-hybridized carbons (Fsp3) is 0.333. The lowest BCUT2D eigenvalue weighted by Crippen LogP contribution is -2.50. The summed E-state index contributed by atoms with van der Waals surface area (Å²) in [6.07, 6.45) is 2.15. The molecule has 184 valence electrons. The summed E-state index contributed by atoms with van der Waals surface area (Å²) in [4.78, 5) is 28.7. The van der Waals surface area contributed by atoms with Crippen LogP contribution in [0.4, 0.5) is 4.39 Å². The molecule has 0 bridgehead atoms. The summed E-state index contributed by atoms with van der Waals surface area (Å²) in [6, 6.07) is 25.0. The van der Waals surface area contributed by atoms with Gasteiger partial charge in [-0.25, -0.2) is 4.39 Å². The van der Waals surface area contributed by atoms with Crippen molar-refractivity contribution in [2.45, 2.75) is 52.1 Å². The van der Waals surface area contributed by atoms with Crippen molar-refractivity contribution in [3.63, 3.8) is 0 Å². The molecule has 0 aliphatic rings. The van der Waals surface area contributed by atoms with E-state index < -0.39 is 6.04 Å². The smallest absolute Gasteiger partial charge is 0.243 e. The molecule has 0 aliphatic carbocycles. The van der Waals surface area contributed by atoms with Crippen LogP contribution < -0.4 is 5.32 Å². The van der Waals surface area contributed by atoms with E-state index in [4.69, 9.17) is 0 Å². The third kappa shape index (κ3) is 8.67. The molecule has 2 amide bonds. The predicted molar refractivity (Wildman–Crippen MR) is 138 cm³/mol. The minimum absolute atomic E-state index is 0.0990. The highest BCUT2D eigenvalue weighted by atomic mass is 19.1. The average molecular weight is 475 g/mol. The molecule has 3 rings (SSSR count). The van der Waals surface area contributed by atoms with Crippen molar-refractivity contribution >= 4 is 11.8 Å². The third-order valence-corrected chi connectivity index (χ3v) is 6.03. The Morgan fingerprint density at radius 2 is 1.43 bits per heavy atom. The van der Waals surface area contributed by atoms with E-state index in [-0.39, 0.29) is 30.6 Å². The molecule has 4 nitrogen and oxygen atoms in total. The molecule has 0 radical (unpaired) electrons. The Balaban J connectivity index is 1.86. The fourth-order valence-corrected chi connectivity index (χ4v) is 3.98. The summed E-state index contributed by atoms with van der Waals surface area (Å²) in [6.45, 7) is 5.02. The minimum atomic E-state index is -0.669. The van der Waals surface area contributed by atoms with E-state index in [1.807, 2.05) is 60.7 Å². The van der Waals surface area contributed by atoms with Gasteiger partial charge in [0, 0.05) is 25.9 Å². The lowest BCUT2D eigenvalue weighted by molar-refractivity contribution is -0.141. The minimum Gasteiger partial charge on any atom is -0.354 e. The molecule has 0 fully saturated rings. The SMILES string of the molecule is CC(C)CCNC(=O)[C@H](Cc1ccccc1)N(Cc1ccc(F)cc1)C(=O)CCc1ccccc1. The molecule has 0 saturated heterocycles. The molecule has 3 aromatic carbocycles. The molecule has 35 heavy (non-hydrogen) atoms. The van der Waals surface area contributed by atoms with E-state index in [9.17, 15) is 14.0 Å². The van der Waals surface area contributed by atoms with Crippen molar-refractivity contribution in [1.29, 1.82) is 0 Å². The molecule has 3 aromatic rings. The molecule has 0 spiro atoms. The maximum Gasteiger partial charge on any atom is 0.243 e. The lowest BCUT2D eigenvalue weighted by atomic mass is 10.0. The number of rotatable bonds is 12. The first kappa shape index (κ1) is 26.1. The topological polar surface area (TPSA) is 49.4 Å². The van der Waals surface area contributed by atoms with Gasteiger partial charge >= 0.3 is 0 Å². The van der Waals surface area contributed by atoms with Gasteiger partial charge in [0.15, 0.2) is 0 Å². The van der Waals surface area contributed by atoms with Gasteiger partial charge in [-0.05, 0) is 47.6 Å². The van der Waals surface area contributed by atoms with Gasteiger partial charge in [0.2, 0.25) is 11.8 Å². The number of carbonyl (C=O) groups excluding carboxylic acids is 2. The molecule has 0 saturated carbocycles. The maximum absolute atomic E-state index is 13.6. The maximum atomic E-state index is 13.6.